The predicted octanol–water partition coefficient (Wildman–Crippen LogP) is 3.90. The van der Waals surface area contributed by atoms with Crippen molar-refractivity contribution in [1.29, 1.82) is 0 Å². The molecule has 76 valence electrons. The molecule has 1 heterocycles. The minimum atomic E-state index is 0. The number of isothiocyanates is 1. The monoisotopic (exact) mass is 328 g/mol. The number of hydrogen-bond donors (Lipinski definition) is 0. The summed E-state index contributed by atoms with van der Waals surface area (Å²) in [5.41, 5.74) is 0.965. The van der Waals surface area contributed by atoms with E-state index in [0.29, 0.717) is 5.82 Å². The molecule has 1 aromatic carbocycles. The van der Waals surface area contributed by atoms with Crippen molar-refractivity contribution in [1.82, 2.24) is 4.98 Å². The van der Waals surface area contributed by atoms with E-state index in [1.165, 1.54) is 0 Å². The van der Waals surface area contributed by atoms with E-state index in [-0.39, 0.29) is 24.0 Å². The van der Waals surface area contributed by atoms with Crippen LogP contribution in [0.5, 0.6) is 0 Å². The number of aliphatic imine (C=N–C) groups is 1. The number of pyridine rings is 1. The summed E-state index contributed by atoms with van der Waals surface area (Å²) in [5, 5.41) is 4.60. The summed E-state index contributed by atoms with van der Waals surface area (Å²) in [6.45, 7) is 1.96. The first-order valence-electron chi connectivity index (χ1n) is 4.25. The number of fused-ring (bicyclic) bond motifs is 1. The summed E-state index contributed by atoms with van der Waals surface area (Å²) in [6.07, 6.45) is 0. The molecule has 0 atom stereocenters. The van der Waals surface area contributed by atoms with Gasteiger partial charge in [0.25, 0.3) is 0 Å². The molecular formula is C11H9IN2S. The maximum atomic E-state index is 4.54. The number of hydrogen-bond acceptors (Lipinski definition) is 3. The highest BCUT2D eigenvalue weighted by Crippen LogP contribution is 2.21. The van der Waals surface area contributed by atoms with Gasteiger partial charge in [-0.05, 0) is 30.6 Å². The van der Waals surface area contributed by atoms with E-state index in [4.69, 9.17) is 0 Å². The van der Waals surface area contributed by atoms with E-state index in [2.05, 4.69) is 27.4 Å². The summed E-state index contributed by atoms with van der Waals surface area (Å²) in [5.74, 6) is 0.621. The molecule has 2 nitrogen and oxygen atoms in total. The Morgan fingerprint density at radius 2 is 2.07 bits per heavy atom. The molecule has 1 aromatic heterocycles. The molecule has 0 saturated carbocycles. The summed E-state index contributed by atoms with van der Waals surface area (Å²) in [7, 11) is 0. The van der Waals surface area contributed by atoms with Gasteiger partial charge in [-0.2, -0.15) is 4.99 Å². The van der Waals surface area contributed by atoms with Crippen molar-refractivity contribution in [3.05, 3.63) is 36.0 Å². The minimum absolute atomic E-state index is 0. The molecule has 0 bridgehead atoms. The lowest BCUT2D eigenvalue weighted by molar-refractivity contribution is 1.21. The van der Waals surface area contributed by atoms with E-state index in [0.717, 1.165) is 16.5 Å². The van der Waals surface area contributed by atoms with E-state index in [9.17, 15) is 0 Å². The summed E-state index contributed by atoms with van der Waals surface area (Å²) < 4.78 is 0. The van der Waals surface area contributed by atoms with Gasteiger partial charge < -0.3 is 0 Å². The Kier molecular flexibility index (Phi) is 4.32. The fraction of sp³-hybridized carbons (Fsp3) is 0.0909. The standard InChI is InChI=1S/C11H8N2S.HI/c1-8-10-5-3-2-4-9(10)6-11(13-8)12-7-14;/h2-6H,1H3;1H. The molecule has 0 aliphatic carbocycles. The second kappa shape index (κ2) is 5.30. The third-order valence-electron chi connectivity index (χ3n) is 2.08. The van der Waals surface area contributed by atoms with Gasteiger partial charge in [0.15, 0.2) is 5.82 Å². The Morgan fingerprint density at radius 3 is 2.80 bits per heavy atom. The predicted molar refractivity (Wildman–Crippen MR) is 76.6 cm³/mol. The summed E-state index contributed by atoms with van der Waals surface area (Å²) in [6, 6.07) is 9.97. The molecule has 2 rings (SSSR count). The topological polar surface area (TPSA) is 25.2 Å². The van der Waals surface area contributed by atoms with Crippen LogP contribution in [0.2, 0.25) is 0 Å². The highest BCUT2D eigenvalue weighted by atomic mass is 127. The SMILES string of the molecule is Cc1nc(N=C=S)cc2ccccc12.I. The van der Waals surface area contributed by atoms with Crippen LogP contribution in [0, 0.1) is 6.92 Å². The van der Waals surface area contributed by atoms with Crippen molar-refractivity contribution in [2.45, 2.75) is 6.92 Å². The normalized spacial score (nSPS) is 9.13. The van der Waals surface area contributed by atoms with Gasteiger partial charge in [0.1, 0.15) is 0 Å². The second-order valence-electron chi connectivity index (χ2n) is 2.99. The van der Waals surface area contributed by atoms with Crippen molar-refractivity contribution in [3.63, 3.8) is 0 Å². The maximum absolute atomic E-state index is 4.54. The number of halogens is 1. The number of benzene rings is 1. The van der Waals surface area contributed by atoms with Gasteiger partial charge >= 0.3 is 0 Å². The van der Waals surface area contributed by atoms with Gasteiger partial charge in [-0.25, -0.2) is 4.98 Å². The third kappa shape index (κ3) is 2.59. The Bertz CT molecular complexity index is 533. The average molecular weight is 328 g/mol. The van der Waals surface area contributed by atoms with E-state index in [1.807, 2.05) is 37.3 Å². The molecule has 0 unspecified atom stereocenters. The van der Waals surface area contributed by atoms with Gasteiger partial charge in [0.2, 0.25) is 0 Å². The number of nitrogens with zero attached hydrogens (tertiary/aromatic N) is 2. The Balaban J connectivity index is 0.00000112. The lowest BCUT2D eigenvalue weighted by atomic mass is 10.1. The van der Waals surface area contributed by atoms with Gasteiger partial charge in [0, 0.05) is 11.1 Å². The fourth-order valence-corrected chi connectivity index (χ4v) is 1.55. The Morgan fingerprint density at radius 1 is 1.33 bits per heavy atom. The van der Waals surface area contributed by atoms with E-state index >= 15 is 0 Å². The van der Waals surface area contributed by atoms with Gasteiger partial charge in [-0.3, -0.25) is 0 Å². The average Bonchev–Trinajstić information content (AvgIpc) is 2.18. The largest absolute Gasteiger partial charge is 0.233 e. The molecule has 4 heteroatoms. The maximum Gasteiger partial charge on any atom is 0.163 e. The van der Waals surface area contributed by atoms with Crippen molar-refractivity contribution < 1.29 is 0 Å². The molecule has 0 aliphatic heterocycles. The molecule has 2 aromatic rings. The van der Waals surface area contributed by atoms with Gasteiger partial charge in [-0.1, -0.05) is 24.3 Å². The van der Waals surface area contributed by atoms with Crippen molar-refractivity contribution in [2.75, 3.05) is 0 Å². The van der Waals surface area contributed by atoms with Crippen LogP contribution in [0.25, 0.3) is 10.8 Å². The third-order valence-corrected chi connectivity index (χ3v) is 2.17. The lowest BCUT2D eigenvalue weighted by Gasteiger charge is -2.01. The van der Waals surface area contributed by atoms with E-state index in [1.54, 1.807) is 0 Å². The number of thiocarbonyl (C=S) groups is 1. The first-order valence-corrected chi connectivity index (χ1v) is 4.66. The Hall–Kier alpha value is -0.840. The van der Waals surface area contributed by atoms with Crippen LogP contribution in [0.1, 0.15) is 5.69 Å². The number of aromatic nitrogens is 1. The van der Waals surface area contributed by atoms with Crippen LogP contribution in [-0.4, -0.2) is 10.1 Å². The number of rotatable bonds is 1. The lowest BCUT2D eigenvalue weighted by Crippen LogP contribution is -1.83. The van der Waals surface area contributed by atoms with Crippen LogP contribution in [-0.2, 0) is 0 Å². The molecule has 0 spiro atoms. The van der Waals surface area contributed by atoms with Crippen LogP contribution >= 0.6 is 36.2 Å². The van der Waals surface area contributed by atoms with Crippen LogP contribution in [0.15, 0.2) is 35.3 Å². The van der Waals surface area contributed by atoms with Crippen molar-refractivity contribution >= 4 is 57.9 Å². The van der Waals surface area contributed by atoms with Crippen LogP contribution < -0.4 is 0 Å². The zero-order chi connectivity index (χ0) is 9.97. The van der Waals surface area contributed by atoms with Crippen LogP contribution in [0.3, 0.4) is 0 Å². The smallest absolute Gasteiger partial charge is 0.163 e. The van der Waals surface area contributed by atoms with Gasteiger partial charge in [-0.15, -0.1) is 24.0 Å². The minimum Gasteiger partial charge on any atom is -0.233 e. The molecule has 0 aliphatic rings. The molecule has 0 amide bonds. The summed E-state index contributed by atoms with van der Waals surface area (Å²) >= 11 is 4.54. The highest BCUT2D eigenvalue weighted by Gasteiger charge is 1.99. The molecular weight excluding hydrogens is 319 g/mol. The zero-order valence-corrected chi connectivity index (χ0v) is 11.2. The zero-order valence-electron chi connectivity index (χ0n) is 8.10. The van der Waals surface area contributed by atoms with Gasteiger partial charge in [0.05, 0.1) is 5.16 Å². The molecule has 0 fully saturated rings. The first-order chi connectivity index (χ1) is 6.81. The van der Waals surface area contributed by atoms with Crippen LogP contribution in [0.4, 0.5) is 5.82 Å². The number of aryl methyl sites for hydroxylation is 1. The van der Waals surface area contributed by atoms with Crippen molar-refractivity contribution in [3.8, 4) is 0 Å². The Labute approximate surface area is 110 Å². The van der Waals surface area contributed by atoms with E-state index < -0.39 is 0 Å². The molecule has 15 heavy (non-hydrogen) atoms. The summed E-state index contributed by atoms with van der Waals surface area (Å²) in [4.78, 5) is 8.17. The van der Waals surface area contributed by atoms with Crippen molar-refractivity contribution in [2.24, 2.45) is 4.99 Å². The molecule has 0 radical (unpaired) electrons. The molecule has 0 saturated heterocycles. The molecule has 0 N–H and O–H groups in total. The fourth-order valence-electron chi connectivity index (χ4n) is 1.46. The quantitative estimate of drug-likeness (QED) is 0.451. The first kappa shape index (κ1) is 12.2. The second-order valence-corrected chi connectivity index (χ2v) is 3.17. The highest BCUT2D eigenvalue weighted by molar-refractivity contribution is 14.0.